The van der Waals surface area contributed by atoms with E-state index >= 15 is 0 Å². The van der Waals surface area contributed by atoms with Gasteiger partial charge in [-0.1, -0.05) is 30.8 Å². The number of carbonyl (C=O) groups is 1. The molecule has 3 N–H and O–H groups in total. The maximum absolute atomic E-state index is 12.3. The van der Waals surface area contributed by atoms with Gasteiger partial charge in [0.1, 0.15) is 5.75 Å². The molecule has 0 heterocycles. The molecule has 0 radical (unpaired) electrons. The molecule has 1 aliphatic rings. The van der Waals surface area contributed by atoms with Crippen molar-refractivity contribution in [3.63, 3.8) is 0 Å². The molecule has 0 bridgehead atoms. The van der Waals surface area contributed by atoms with Crippen molar-refractivity contribution in [2.24, 2.45) is 11.1 Å². The minimum Gasteiger partial charge on any atom is -0.433 e. The van der Waals surface area contributed by atoms with E-state index in [1.165, 1.54) is 12.1 Å². The lowest BCUT2D eigenvalue weighted by molar-refractivity contribution is -0.125. The van der Waals surface area contributed by atoms with Gasteiger partial charge in [0.15, 0.2) is 0 Å². The van der Waals surface area contributed by atoms with Crippen LogP contribution in [0.3, 0.4) is 0 Å². The lowest BCUT2D eigenvalue weighted by atomic mass is 9.68. The van der Waals surface area contributed by atoms with Crippen LogP contribution in [0.2, 0.25) is 0 Å². The number of hydrogen-bond donors (Lipinski definition) is 2. The Morgan fingerprint density at radius 3 is 2.55 bits per heavy atom. The van der Waals surface area contributed by atoms with Crippen LogP contribution in [0.25, 0.3) is 0 Å². The third-order valence-electron chi connectivity index (χ3n) is 3.46. The number of halogens is 2. The van der Waals surface area contributed by atoms with E-state index in [0.29, 0.717) is 12.8 Å². The normalized spacial score (nSPS) is 16.4. The molecule has 1 amide bonds. The SMILES string of the molecule is NC(=S)C1(C(=O)Nc2ccccc2OC(F)F)CCC1. The highest BCUT2D eigenvalue weighted by atomic mass is 32.1. The fourth-order valence-electron chi connectivity index (χ4n) is 2.13. The van der Waals surface area contributed by atoms with Crippen molar-refractivity contribution in [1.82, 2.24) is 0 Å². The van der Waals surface area contributed by atoms with E-state index in [0.717, 1.165) is 6.42 Å². The van der Waals surface area contributed by atoms with Gasteiger partial charge in [-0.15, -0.1) is 0 Å². The largest absolute Gasteiger partial charge is 0.433 e. The standard InChI is InChI=1S/C13H14F2N2O2S/c14-12(15)19-9-5-2-1-4-8(9)17-11(18)13(10(16)20)6-3-7-13/h1-2,4-5,12H,3,6-7H2,(H2,16,20)(H,17,18). The number of thiocarbonyl (C=S) groups is 1. The minimum absolute atomic E-state index is 0.0896. The molecule has 1 fully saturated rings. The number of alkyl halides is 2. The van der Waals surface area contributed by atoms with Gasteiger partial charge in [0.2, 0.25) is 5.91 Å². The predicted molar refractivity (Wildman–Crippen MR) is 74.8 cm³/mol. The van der Waals surface area contributed by atoms with Crippen LogP contribution in [0.4, 0.5) is 14.5 Å². The van der Waals surface area contributed by atoms with E-state index in [1.54, 1.807) is 12.1 Å². The molecule has 0 atom stereocenters. The number of ether oxygens (including phenoxy) is 1. The second kappa shape index (κ2) is 5.70. The fraction of sp³-hybridized carbons (Fsp3) is 0.385. The summed E-state index contributed by atoms with van der Waals surface area (Å²) in [6.07, 6.45) is 2.01. The summed E-state index contributed by atoms with van der Waals surface area (Å²) in [5.41, 5.74) is 4.94. The van der Waals surface area contributed by atoms with Crippen molar-refractivity contribution in [2.45, 2.75) is 25.9 Å². The number of benzene rings is 1. The van der Waals surface area contributed by atoms with Gasteiger partial charge >= 0.3 is 6.61 Å². The highest BCUT2D eigenvalue weighted by molar-refractivity contribution is 7.80. The molecular formula is C13H14F2N2O2S. The number of amides is 1. The summed E-state index contributed by atoms with van der Waals surface area (Å²) < 4.78 is 29.0. The van der Waals surface area contributed by atoms with Crippen LogP contribution in [0.5, 0.6) is 5.75 Å². The van der Waals surface area contributed by atoms with E-state index in [-0.39, 0.29) is 22.3 Å². The number of carbonyl (C=O) groups excluding carboxylic acids is 1. The van der Waals surface area contributed by atoms with Crippen LogP contribution in [-0.2, 0) is 4.79 Å². The Bertz CT molecular complexity index is 533. The lowest BCUT2D eigenvalue weighted by Gasteiger charge is -2.39. The Balaban J connectivity index is 2.18. The quantitative estimate of drug-likeness (QED) is 0.821. The lowest BCUT2D eigenvalue weighted by Crippen LogP contribution is -2.50. The zero-order valence-corrected chi connectivity index (χ0v) is 11.4. The van der Waals surface area contributed by atoms with E-state index in [1.807, 2.05) is 0 Å². The molecule has 1 aromatic rings. The average Bonchev–Trinajstić information content (AvgIpc) is 2.28. The number of anilines is 1. The molecule has 108 valence electrons. The number of nitrogens with two attached hydrogens (primary N) is 1. The van der Waals surface area contributed by atoms with Gasteiger partial charge in [0.25, 0.3) is 0 Å². The Labute approximate surface area is 120 Å². The molecule has 0 spiro atoms. The van der Waals surface area contributed by atoms with Crippen molar-refractivity contribution in [3.8, 4) is 5.75 Å². The van der Waals surface area contributed by atoms with Gasteiger partial charge in [-0.05, 0) is 25.0 Å². The smallest absolute Gasteiger partial charge is 0.387 e. The highest BCUT2D eigenvalue weighted by Gasteiger charge is 2.47. The Morgan fingerprint density at radius 2 is 2.05 bits per heavy atom. The number of para-hydroxylation sites is 2. The summed E-state index contributed by atoms with van der Waals surface area (Å²) in [4.78, 5) is 12.4. The maximum Gasteiger partial charge on any atom is 0.387 e. The molecule has 1 aliphatic carbocycles. The van der Waals surface area contributed by atoms with Crippen molar-refractivity contribution in [2.75, 3.05) is 5.32 Å². The number of rotatable bonds is 5. The molecule has 0 unspecified atom stereocenters. The van der Waals surface area contributed by atoms with Crippen molar-refractivity contribution in [1.29, 1.82) is 0 Å². The second-order valence-electron chi connectivity index (χ2n) is 4.63. The van der Waals surface area contributed by atoms with E-state index in [9.17, 15) is 13.6 Å². The molecule has 4 nitrogen and oxygen atoms in total. The van der Waals surface area contributed by atoms with Crippen molar-refractivity contribution < 1.29 is 18.3 Å². The molecule has 1 saturated carbocycles. The van der Waals surface area contributed by atoms with Crippen LogP contribution < -0.4 is 15.8 Å². The van der Waals surface area contributed by atoms with Gasteiger partial charge in [-0.2, -0.15) is 8.78 Å². The number of nitrogens with one attached hydrogen (secondary N) is 1. The molecule has 2 rings (SSSR count). The van der Waals surface area contributed by atoms with Crippen LogP contribution >= 0.6 is 12.2 Å². The maximum atomic E-state index is 12.3. The van der Waals surface area contributed by atoms with Crippen LogP contribution in [-0.4, -0.2) is 17.5 Å². The Kier molecular flexibility index (Phi) is 4.17. The van der Waals surface area contributed by atoms with E-state index in [4.69, 9.17) is 18.0 Å². The fourth-order valence-corrected chi connectivity index (χ4v) is 2.42. The van der Waals surface area contributed by atoms with Gasteiger partial charge < -0.3 is 15.8 Å². The van der Waals surface area contributed by atoms with Crippen LogP contribution in [0.1, 0.15) is 19.3 Å². The molecule has 1 aromatic carbocycles. The zero-order valence-electron chi connectivity index (χ0n) is 10.6. The van der Waals surface area contributed by atoms with Gasteiger partial charge in [-0.3, -0.25) is 4.79 Å². The minimum atomic E-state index is -2.96. The molecular weight excluding hydrogens is 286 g/mol. The first-order chi connectivity index (χ1) is 9.45. The van der Waals surface area contributed by atoms with Crippen molar-refractivity contribution in [3.05, 3.63) is 24.3 Å². The first-order valence-electron chi connectivity index (χ1n) is 6.11. The third kappa shape index (κ3) is 2.72. The van der Waals surface area contributed by atoms with Gasteiger partial charge in [0, 0.05) is 0 Å². The average molecular weight is 300 g/mol. The summed E-state index contributed by atoms with van der Waals surface area (Å²) in [6.45, 7) is -2.96. The molecule has 0 saturated heterocycles. The molecule has 0 aromatic heterocycles. The van der Waals surface area contributed by atoms with Gasteiger partial charge in [0.05, 0.1) is 16.1 Å². The Hall–Kier alpha value is -1.76. The first-order valence-corrected chi connectivity index (χ1v) is 6.52. The second-order valence-corrected chi connectivity index (χ2v) is 5.07. The molecule has 0 aliphatic heterocycles. The summed E-state index contributed by atoms with van der Waals surface area (Å²) in [5.74, 6) is -0.463. The predicted octanol–water partition coefficient (Wildman–Crippen LogP) is 2.68. The topological polar surface area (TPSA) is 64.4 Å². The number of hydrogen-bond acceptors (Lipinski definition) is 3. The highest BCUT2D eigenvalue weighted by Crippen LogP contribution is 2.42. The van der Waals surface area contributed by atoms with Crippen LogP contribution in [0, 0.1) is 5.41 Å². The first kappa shape index (κ1) is 14.6. The molecule has 20 heavy (non-hydrogen) atoms. The van der Waals surface area contributed by atoms with Crippen LogP contribution in [0.15, 0.2) is 24.3 Å². The van der Waals surface area contributed by atoms with E-state index in [2.05, 4.69) is 10.1 Å². The van der Waals surface area contributed by atoms with Gasteiger partial charge in [-0.25, -0.2) is 0 Å². The molecule has 7 heteroatoms. The summed E-state index contributed by atoms with van der Waals surface area (Å²) in [5, 5.41) is 2.58. The summed E-state index contributed by atoms with van der Waals surface area (Å²) >= 11 is 4.94. The van der Waals surface area contributed by atoms with E-state index < -0.39 is 12.0 Å². The zero-order chi connectivity index (χ0) is 14.8. The summed E-state index contributed by atoms with van der Waals surface area (Å²) in [7, 11) is 0. The monoisotopic (exact) mass is 300 g/mol. The third-order valence-corrected chi connectivity index (χ3v) is 3.86. The Morgan fingerprint density at radius 1 is 1.40 bits per heavy atom. The van der Waals surface area contributed by atoms with Crippen molar-refractivity contribution >= 4 is 28.8 Å². The summed E-state index contributed by atoms with van der Waals surface area (Å²) in [6, 6.07) is 6.00.